The van der Waals surface area contributed by atoms with Crippen LogP contribution in [0.1, 0.15) is 49.4 Å². The Morgan fingerprint density at radius 2 is 2.05 bits per heavy atom. The molecule has 2 aromatic rings. The van der Waals surface area contributed by atoms with Crippen molar-refractivity contribution in [2.45, 2.75) is 44.9 Å². The molecule has 1 saturated heterocycles. The van der Waals surface area contributed by atoms with Crippen LogP contribution >= 0.6 is 0 Å². The van der Waals surface area contributed by atoms with Gasteiger partial charge in [-0.25, -0.2) is 9.50 Å². The minimum atomic E-state index is 0.357. The number of fused-ring (bicyclic) bond motifs is 1. The number of hydrogen-bond donors (Lipinski definition) is 0. The van der Waals surface area contributed by atoms with Crippen molar-refractivity contribution in [1.29, 1.82) is 0 Å². The van der Waals surface area contributed by atoms with Crippen molar-refractivity contribution in [3.63, 3.8) is 0 Å². The average molecular weight is 298 g/mol. The summed E-state index contributed by atoms with van der Waals surface area (Å²) in [5.74, 6) is 1.50. The standard InChI is InChI=1S/C17H22N4O/c1-12-10-16-18-7-4-15(21(16)19-12)14-5-8-20(9-6-14)17(22)11-13-2-3-13/h4,7,10,13-14H,2-3,5-6,8-9,11H2,1H3. The van der Waals surface area contributed by atoms with Crippen molar-refractivity contribution in [3.05, 3.63) is 29.7 Å². The molecule has 5 heteroatoms. The quantitative estimate of drug-likeness (QED) is 0.875. The third-order valence-electron chi connectivity index (χ3n) is 4.94. The van der Waals surface area contributed by atoms with Crippen molar-refractivity contribution in [2.24, 2.45) is 5.92 Å². The highest BCUT2D eigenvalue weighted by Gasteiger charge is 2.30. The van der Waals surface area contributed by atoms with Gasteiger partial charge in [0.25, 0.3) is 0 Å². The van der Waals surface area contributed by atoms with Gasteiger partial charge in [-0.3, -0.25) is 4.79 Å². The molecule has 2 aliphatic rings. The first-order valence-electron chi connectivity index (χ1n) is 8.30. The van der Waals surface area contributed by atoms with E-state index in [1.54, 1.807) is 0 Å². The molecule has 1 aliphatic carbocycles. The molecule has 116 valence electrons. The van der Waals surface area contributed by atoms with Gasteiger partial charge in [-0.15, -0.1) is 0 Å². The summed E-state index contributed by atoms with van der Waals surface area (Å²) in [5.41, 5.74) is 3.15. The molecule has 3 heterocycles. The second kappa shape index (κ2) is 5.38. The molecule has 0 bridgehead atoms. The first-order chi connectivity index (χ1) is 10.7. The van der Waals surface area contributed by atoms with Crippen molar-refractivity contribution in [1.82, 2.24) is 19.5 Å². The fraction of sp³-hybridized carbons (Fsp3) is 0.588. The Morgan fingerprint density at radius 3 is 2.77 bits per heavy atom. The molecule has 0 radical (unpaired) electrons. The number of nitrogens with zero attached hydrogens (tertiary/aromatic N) is 4. The zero-order chi connectivity index (χ0) is 15.1. The summed E-state index contributed by atoms with van der Waals surface area (Å²) in [6.45, 7) is 3.75. The van der Waals surface area contributed by atoms with Crippen LogP contribution in [0.4, 0.5) is 0 Å². The smallest absolute Gasteiger partial charge is 0.222 e. The van der Waals surface area contributed by atoms with E-state index in [0.29, 0.717) is 17.7 Å². The van der Waals surface area contributed by atoms with Crippen molar-refractivity contribution >= 4 is 11.6 Å². The number of aromatic nitrogens is 3. The van der Waals surface area contributed by atoms with E-state index in [9.17, 15) is 4.79 Å². The largest absolute Gasteiger partial charge is 0.343 e. The molecule has 1 aliphatic heterocycles. The monoisotopic (exact) mass is 298 g/mol. The zero-order valence-corrected chi connectivity index (χ0v) is 13.0. The number of carbonyl (C=O) groups is 1. The predicted molar refractivity (Wildman–Crippen MR) is 83.6 cm³/mol. The minimum absolute atomic E-state index is 0.357. The van der Waals surface area contributed by atoms with E-state index in [2.05, 4.69) is 21.0 Å². The fourth-order valence-corrected chi connectivity index (χ4v) is 3.46. The second-order valence-electron chi connectivity index (χ2n) is 6.73. The third-order valence-corrected chi connectivity index (χ3v) is 4.94. The lowest BCUT2D eigenvalue weighted by Gasteiger charge is -2.32. The van der Waals surface area contributed by atoms with Gasteiger partial charge in [-0.05, 0) is 44.6 Å². The van der Waals surface area contributed by atoms with Gasteiger partial charge < -0.3 is 4.90 Å². The van der Waals surface area contributed by atoms with Crippen molar-refractivity contribution < 1.29 is 4.79 Å². The summed E-state index contributed by atoms with van der Waals surface area (Å²) in [4.78, 5) is 18.6. The van der Waals surface area contributed by atoms with E-state index in [0.717, 1.165) is 43.7 Å². The van der Waals surface area contributed by atoms with Gasteiger partial charge in [0, 0.05) is 43.4 Å². The van der Waals surface area contributed by atoms with E-state index in [1.165, 1.54) is 18.5 Å². The molecule has 4 rings (SSSR count). The van der Waals surface area contributed by atoms with Gasteiger partial charge in [0.2, 0.25) is 5.91 Å². The Hall–Kier alpha value is -1.91. The molecular formula is C17H22N4O. The van der Waals surface area contributed by atoms with Gasteiger partial charge >= 0.3 is 0 Å². The van der Waals surface area contributed by atoms with Crippen LogP contribution < -0.4 is 0 Å². The SMILES string of the molecule is Cc1cc2nccc(C3CCN(C(=O)CC4CC4)CC3)n2n1. The highest BCUT2D eigenvalue weighted by molar-refractivity contribution is 5.76. The maximum atomic E-state index is 12.2. The molecule has 1 amide bonds. The number of likely N-dealkylation sites (tertiary alicyclic amines) is 1. The van der Waals surface area contributed by atoms with Crippen LogP contribution in [0.2, 0.25) is 0 Å². The van der Waals surface area contributed by atoms with Crippen LogP contribution in [0.3, 0.4) is 0 Å². The Morgan fingerprint density at radius 1 is 1.27 bits per heavy atom. The van der Waals surface area contributed by atoms with Crippen LogP contribution in [-0.4, -0.2) is 38.5 Å². The summed E-state index contributed by atoms with van der Waals surface area (Å²) in [5, 5.41) is 4.56. The minimum Gasteiger partial charge on any atom is -0.343 e. The maximum Gasteiger partial charge on any atom is 0.222 e. The van der Waals surface area contributed by atoms with Gasteiger partial charge in [-0.2, -0.15) is 5.10 Å². The Bertz CT molecular complexity index is 696. The second-order valence-corrected chi connectivity index (χ2v) is 6.73. The highest BCUT2D eigenvalue weighted by Crippen LogP contribution is 2.34. The molecule has 2 fully saturated rings. The zero-order valence-electron chi connectivity index (χ0n) is 13.0. The van der Waals surface area contributed by atoms with Gasteiger partial charge in [0.1, 0.15) is 0 Å². The van der Waals surface area contributed by atoms with Crippen LogP contribution in [0.5, 0.6) is 0 Å². The summed E-state index contributed by atoms with van der Waals surface area (Å²) < 4.78 is 1.97. The molecule has 0 aromatic carbocycles. The molecule has 0 N–H and O–H groups in total. The fourth-order valence-electron chi connectivity index (χ4n) is 3.46. The summed E-state index contributed by atoms with van der Waals surface area (Å²) in [7, 11) is 0. The van der Waals surface area contributed by atoms with Crippen LogP contribution in [0.25, 0.3) is 5.65 Å². The number of hydrogen-bond acceptors (Lipinski definition) is 3. The summed E-state index contributed by atoms with van der Waals surface area (Å²) >= 11 is 0. The number of piperidine rings is 1. The maximum absolute atomic E-state index is 12.2. The normalized spacial score (nSPS) is 19.8. The highest BCUT2D eigenvalue weighted by atomic mass is 16.2. The first-order valence-corrected chi connectivity index (χ1v) is 8.30. The predicted octanol–water partition coefficient (Wildman–Crippen LogP) is 2.54. The molecule has 5 nitrogen and oxygen atoms in total. The first kappa shape index (κ1) is 13.7. The van der Waals surface area contributed by atoms with Gasteiger partial charge in [-0.1, -0.05) is 0 Å². The Kier molecular flexibility index (Phi) is 3.36. The Balaban J connectivity index is 1.47. The lowest BCUT2D eigenvalue weighted by molar-refractivity contribution is -0.132. The third kappa shape index (κ3) is 2.60. The van der Waals surface area contributed by atoms with E-state index >= 15 is 0 Å². The topological polar surface area (TPSA) is 50.5 Å². The van der Waals surface area contributed by atoms with Crippen LogP contribution in [-0.2, 0) is 4.79 Å². The molecular weight excluding hydrogens is 276 g/mol. The molecule has 0 spiro atoms. The average Bonchev–Trinajstić information content (AvgIpc) is 3.25. The number of aryl methyl sites for hydroxylation is 1. The summed E-state index contributed by atoms with van der Waals surface area (Å²) in [6, 6.07) is 4.09. The lowest BCUT2D eigenvalue weighted by Crippen LogP contribution is -2.38. The van der Waals surface area contributed by atoms with Crippen LogP contribution in [0, 0.1) is 12.8 Å². The number of amides is 1. The van der Waals surface area contributed by atoms with E-state index in [1.807, 2.05) is 23.7 Å². The molecule has 0 atom stereocenters. The molecule has 22 heavy (non-hydrogen) atoms. The molecule has 1 saturated carbocycles. The summed E-state index contributed by atoms with van der Waals surface area (Å²) in [6.07, 6.45) is 7.17. The number of carbonyl (C=O) groups excluding carboxylic acids is 1. The van der Waals surface area contributed by atoms with Gasteiger partial charge in [0.15, 0.2) is 5.65 Å². The van der Waals surface area contributed by atoms with E-state index in [-0.39, 0.29) is 0 Å². The lowest BCUT2D eigenvalue weighted by atomic mass is 9.93. The van der Waals surface area contributed by atoms with Gasteiger partial charge in [0.05, 0.1) is 5.69 Å². The van der Waals surface area contributed by atoms with Crippen LogP contribution in [0.15, 0.2) is 18.3 Å². The van der Waals surface area contributed by atoms with Crippen molar-refractivity contribution in [2.75, 3.05) is 13.1 Å². The van der Waals surface area contributed by atoms with E-state index in [4.69, 9.17) is 0 Å². The molecule has 2 aromatic heterocycles. The molecule has 0 unspecified atom stereocenters. The van der Waals surface area contributed by atoms with E-state index < -0.39 is 0 Å². The van der Waals surface area contributed by atoms with Crippen molar-refractivity contribution in [3.8, 4) is 0 Å². The Labute approximate surface area is 130 Å². The number of rotatable bonds is 3.